The van der Waals surface area contributed by atoms with E-state index in [0.29, 0.717) is 24.6 Å². The summed E-state index contributed by atoms with van der Waals surface area (Å²) in [4.78, 5) is 10.5. The Bertz CT molecular complexity index is 567. The van der Waals surface area contributed by atoms with Crippen LogP contribution in [0.25, 0.3) is 0 Å². The summed E-state index contributed by atoms with van der Waals surface area (Å²) in [6.07, 6.45) is 2.43. The number of furan rings is 1. The first kappa shape index (κ1) is 13.9. The molecule has 6 heteroatoms. The molecule has 1 aromatic heterocycles. The summed E-state index contributed by atoms with van der Waals surface area (Å²) in [5.74, 6) is 1.25. The second-order valence-electron chi connectivity index (χ2n) is 4.25. The minimum absolute atomic E-state index is 0.000507. The van der Waals surface area contributed by atoms with Crippen LogP contribution in [0, 0.1) is 10.1 Å². The highest BCUT2D eigenvalue weighted by atomic mass is 16.6. The summed E-state index contributed by atoms with van der Waals surface area (Å²) in [7, 11) is 0. The number of benzene rings is 1. The summed E-state index contributed by atoms with van der Waals surface area (Å²) < 4.78 is 10.7. The quantitative estimate of drug-likeness (QED) is 0.617. The Morgan fingerprint density at radius 1 is 1.40 bits per heavy atom. The Balaban J connectivity index is 2.13. The number of non-ortho nitro benzene ring substituents is 1. The lowest BCUT2D eigenvalue weighted by atomic mass is 10.2. The Kier molecular flexibility index (Phi) is 4.60. The molecule has 0 amide bonds. The maximum Gasteiger partial charge on any atom is 0.275 e. The van der Waals surface area contributed by atoms with E-state index in [9.17, 15) is 10.1 Å². The van der Waals surface area contributed by atoms with Gasteiger partial charge in [0.05, 0.1) is 30.4 Å². The van der Waals surface area contributed by atoms with Gasteiger partial charge in [0.1, 0.15) is 11.5 Å². The van der Waals surface area contributed by atoms with Gasteiger partial charge in [-0.3, -0.25) is 10.1 Å². The van der Waals surface area contributed by atoms with Crippen molar-refractivity contribution in [1.82, 2.24) is 0 Å². The van der Waals surface area contributed by atoms with E-state index in [2.05, 4.69) is 5.32 Å². The van der Waals surface area contributed by atoms with Gasteiger partial charge in [0.15, 0.2) is 0 Å². The van der Waals surface area contributed by atoms with Gasteiger partial charge in [-0.05, 0) is 18.6 Å². The largest absolute Gasteiger partial charge is 0.493 e. The van der Waals surface area contributed by atoms with Gasteiger partial charge in [0.2, 0.25) is 0 Å². The third-order valence-corrected chi connectivity index (χ3v) is 2.62. The van der Waals surface area contributed by atoms with Crippen LogP contribution in [0.3, 0.4) is 0 Å². The molecule has 2 aromatic rings. The normalized spacial score (nSPS) is 10.2. The fourth-order valence-electron chi connectivity index (χ4n) is 1.70. The molecule has 106 valence electrons. The smallest absolute Gasteiger partial charge is 0.275 e. The highest BCUT2D eigenvalue weighted by Crippen LogP contribution is 2.26. The van der Waals surface area contributed by atoms with Gasteiger partial charge in [-0.15, -0.1) is 0 Å². The Morgan fingerprint density at radius 2 is 2.25 bits per heavy atom. The maximum atomic E-state index is 10.9. The van der Waals surface area contributed by atoms with E-state index in [4.69, 9.17) is 9.15 Å². The Labute approximate surface area is 116 Å². The first-order valence-electron chi connectivity index (χ1n) is 6.37. The van der Waals surface area contributed by atoms with Gasteiger partial charge >= 0.3 is 0 Å². The van der Waals surface area contributed by atoms with Gasteiger partial charge in [-0.25, -0.2) is 0 Å². The molecule has 1 heterocycles. The highest BCUT2D eigenvalue weighted by Gasteiger charge is 2.10. The molecule has 0 unspecified atom stereocenters. The lowest BCUT2D eigenvalue weighted by Crippen LogP contribution is -2.01. The number of ether oxygens (including phenoxy) is 1. The van der Waals surface area contributed by atoms with E-state index in [0.717, 1.165) is 12.2 Å². The molecule has 0 saturated carbocycles. The maximum absolute atomic E-state index is 10.9. The van der Waals surface area contributed by atoms with E-state index in [1.807, 2.05) is 13.0 Å². The fourth-order valence-corrected chi connectivity index (χ4v) is 1.70. The van der Waals surface area contributed by atoms with E-state index >= 15 is 0 Å². The Hall–Kier alpha value is -2.50. The second-order valence-corrected chi connectivity index (χ2v) is 4.25. The summed E-state index contributed by atoms with van der Waals surface area (Å²) in [5.41, 5.74) is 0.627. The van der Waals surface area contributed by atoms with Crippen molar-refractivity contribution in [3.63, 3.8) is 0 Å². The van der Waals surface area contributed by atoms with Gasteiger partial charge in [0.25, 0.3) is 5.69 Å². The summed E-state index contributed by atoms with van der Waals surface area (Å²) in [6, 6.07) is 8.26. The zero-order valence-corrected chi connectivity index (χ0v) is 11.2. The van der Waals surface area contributed by atoms with Crippen molar-refractivity contribution in [2.24, 2.45) is 0 Å². The molecule has 0 radical (unpaired) electrons. The van der Waals surface area contributed by atoms with Crippen molar-refractivity contribution < 1.29 is 14.1 Å². The molecule has 0 fully saturated rings. The summed E-state index contributed by atoms with van der Waals surface area (Å²) in [6.45, 7) is 2.97. The van der Waals surface area contributed by atoms with Crippen LogP contribution in [0.2, 0.25) is 0 Å². The average molecular weight is 276 g/mol. The van der Waals surface area contributed by atoms with E-state index in [1.54, 1.807) is 18.4 Å². The fraction of sp³-hybridized carbons (Fsp3) is 0.286. The molecule has 6 nitrogen and oxygen atoms in total. The van der Waals surface area contributed by atoms with Crippen LogP contribution >= 0.6 is 0 Å². The van der Waals surface area contributed by atoms with Gasteiger partial charge in [0, 0.05) is 17.8 Å². The van der Waals surface area contributed by atoms with Gasteiger partial charge in [-0.1, -0.05) is 6.92 Å². The van der Waals surface area contributed by atoms with Crippen LogP contribution in [0.4, 0.5) is 11.4 Å². The van der Waals surface area contributed by atoms with Crippen LogP contribution in [-0.4, -0.2) is 11.5 Å². The molecule has 20 heavy (non-hydrogen) atoms. The SMILES string of the molecule is CCCOc1cc(NCc2ccco2)cc([N+](=O)[O-])c1. The van der Waals surface area contributed by atoms with Crippen LogP contribution in [-0.2, 0) is 6.54 Å². The molecule has 2 rings (SSSR count). The molecule has 1 aromatic carbocycles. The minimum Gasteiger partial charge on any atom is -0.493 e. The van der Waals surface area contributed by atoms with Crippen LogP contribution < -0.4 is 10.1 Å². The van der Waals surface area contributed by atoms with Gasteiger partial charge in [-0.2, -0.15) is 0 Å². The molecular formula is C14H16N2O4. The van der Waals surface area contributed by atoms with Crippen molar-refractivity contribution >= 4 is 11.4 Å². The van der Waals surface area contributed by atoms with Crippen LogP contribution in [0.5, 0.6) is 5.75 Å². The van der Waals surface area contributed by atoms with Crippen molar-refractivity contribution in [3.05, 3.63) is 52.5 Å². The van der Waals surface area contributed by atoms with Crippen LogP contribution in [0.1, 0.15) is 19.1 Å². The molecule has 0 spiro atoms. The number of nitro benzene ring substituents is 1. The molecule has 0 saturated heterocycles. The standard InChI is InChI=1S/C14H16N2O4/c1-2-5-19-14-8-11(7-12(9-14)16(17)18)15-10-13-4-3-6-20-13/h3-4,6-9,15H,2,5,10H2,1H3. The van der Waals surface area contributed by atoms with E-state index < -0.39 is 4.92 Å². The van der Waals surface area contributed by atoms with Gasteiger partial charge < -0.3 is 14.5 Å². The average Bonchev–Trinajstić information content (AvgIpc) is 2.96. The zero-order valence-electron chi connectivity index (χ0n) is 11.2. The van der Waals surface area contributed by atoms with E-state index in [-0.39, 0.29) is 5.69 Å². The molecule has 0 bridgehead atoms. The lowest BCUT2D eigenvalue weighted by Gasteiger charge is -2.09. The summed E-state index contributed by atoms with van der Waals surface area (Å²) >= 11 is 0. The second kappa shape index (κ2) is 6.60. The number of nitrogens with zero attached hydrogens (tertiary/aromatic N) is 1. The number of hydrogen-bond acceptors (Lipinski definition) is 5. The minimum atomic E-state index is -0.434. The first-order chi connectivity index (χ1) is 9.69. The number of rotatable bonds is 7. The molecule has 1 N–H and O–H groups in total. The number of nitro groups is 1. The Morgan fingerprint density at radius 3 is 2.90 bits per heavy atom. The molecule has 0 aliphatic heterocycles. The van der Waals surface area contributed by atoms with Crippen molar-refractivity contribution in [3.8, 4) is 5.75 Å². The number of hydrogen-bond donors (Lipinski definition) is 1. The topological polar surface area (TPSA) is 77.5 Å². The third-order valence-electron chi connectivity index (χ3n) is 2.62. The third kappa shape index (κ3) is 3.74. The molecule has 0 aliphatic rings. The predicted molar refractivity (Wildman–Crippen MR) is 74.9 cm³/mol. The summed E-state index contributed by atoms with van der Waals surface area (Å²) in [5, 5.41) is 14.0. The zero-order chi connectivity index (χ0) is 14.4. The van der Waals surface area contributed by atoms with E-state index in [1.165, 1.54) is 12.1 Å². The van der Waals surface area contributed by atoms with Crippen molar-refractivity contribution in [2.45, 2.75) is 19.9 Å². The number of nitrogens with one attached hydrogen (secondary N) is 1. The molecule has 0 aliphatic carbocycles. The molecule has 0 atom stereocenters. The number of anilines is 1. The van der Waals surface area contributed by atoms with Crippen molar-refractivity contribution in [1.29, 1.82) is 0 Å². The first-order valence-corrected chi connectivity index (χ1v) is 6.37. The van der Waals surface area contributed by atoms with Crippen LogP contribution in [0.15, 0.2) is 41.0 Å². The molecular weight excluding hydrogens is 260 g/mol. The lowest BCUT2D eigenvalue weighted by molar-refractivity contribution is -0.384. The van der Waals surface area contributed by atoms with Crippen molar-refractivity contribution in [2.75, 3.05) is 11.9 Å². The predicted octanol–water partition coefficient (Wildman–Crippen LogP) is 3.59. The monoisotopic (exact) mass is 276 g/mol. The highest BCUT2D eigenvalue weighted by molar-refractivity contribution is 5.56.